The Morgan fingerprint density at radius 1 is 0.919 bits per heavy atom. The molecule has 37 heavy (non-hydrogen) atoms. The van der Waals surface area contributed by atoms with E-state index in [-0.39, 0.29) is 21.9 Å². The van der Waals surface area contributed by atoms with Crippen molar-refractivity contribution in [1.29, 1.82) is 5.26 Å². The van der Waals surface area contributed by atoms with Gasteiger partial charge in [0.05, 0.1) is 35.9 Å². The fraction of sp³-hybridized carbons (Fsp3) is 0.208. The molecular formula is C24H18F6N2O4S. The first-order valence-electron chi connectivity index (χ1n) is 10.3. The van der Waals surface area contributed by atoms with Crippen LogP contribution >= 0.6 is 0 Å². The Morgan fingerprint density at radius 2 is 1.51 bits per heavy atom. The van der Waals surface area contributed by atoms with Crippen LogP contribution in [0.2, 0.25) is 0 Å². The SMILES string of the molecule is COc1ccccc1CN(c1ccc(C(O)(C(F)(F)F)C(F)(F)F)cc1)S(=O)(=O)c1cccc(C#N)c1. The minimum Gasteiger partial charge on any atom is -0.496 e. The van der Waals surface area contributed by atoms with Gasteiger partial charge in [-0.2, -0.15) is 31.6 Å². The summed E-state index contributed by atoms with van der Waals surface area (Å²) in [7, 11) is -3.16. The normalized spacial score (nSPS) is 12.6. The zero-order valence-corrected chi connectivity index (χ0v) is 19.7. The van der Waals surface area contributed by atoms with Gasteiger partial charge < -0.3 is 9.84 Å². The van der Waals surface area contributed by atoms with Crippen molar-refractivity contribution in [3.05, 3.63) is 89.5 Å². The number of ether oxygens (including phenoxy) is 1. The zero-order chi connectivity index (χ0) is 27.6. The zero-order valence-electron chi connectivity index (χ0n) is 18.9. The van der Waals surface area contributed by atoms with Gasteiger partial charge >= 0.3 is 12.4 Å². The van der Waals surface area contributed by atoms with Crippen LogP contribution < -0.4 is 9.04 Å². The second kappa shape index (κ2) is 9.95. The van der Waals surface area contributed by atoms with E-state index < -0.39 is 40.1 Å². The number of alkyl halides is 6. The van der Waals surface area contributed by atoms with E-state index in [1.165, 1.54) is 37.4 Å². The number of methoxy groups -OCH3 is 1. The molecule has 0 radical (unpaired) electrons. The summed E-state index contributed by atoms with van der Waals surface area (Å²) in [6.07, 6.45) is -12.2. The Morgan fingerprint density at radius 3 is 2.05 bits per heavy atom. The van der Waals surface area contributed by atoms with Gasteiger partial charge in [-0.3, -0.25) is 4.31 Å². The molecule has 0 bridgehead atoms. The number of para-hydroxylation sites is 1. The Hall–Kier alpha value is -3.76. The van der Waals surface area contributed by atoms with E-state index in [0.29, 0.717) is 17.7 Å². The lowest BCUT2D eigenvalue weighted by molar-refractivity contribution is -0.376. The third-order valence-electron chi connectivity index (χ3n) is 5.45. The number of nitriles is 1. The van der Waals surface area contributed by atoms with E-state index in [1.807, 2.05) is 0 Å². The van der Waals surface area contributed by atoms with Crippen LogP contribution in [0.15, 0.2) is 77.7 Å². The third kappa shape index (κ3) is 5.21. The topological polar surface area (TPSA) is 90.6 Å². The van der Waals surface area contributed by atoms with E-state index in [1.54, 1.807) is 18.2 Å². The van der Waals surface area contributed by atoms with E-state index in [4.69, 9.17) is 10.00 Å². The molecule has 13 heteroatoms. The van der Waals surface area contributed by atoms with Crippen LogP contribution in [0.25, 0.3) is 0 Å². The van der Waals surface area contributed by atoms with Gasteiger partial charge in [0, 0.05) is 11.1 Å². The highest BCUT2D eigenvalue weighted by atomic mass is 32.2. The molecule has 0 aromatic heterocycles. The first kappa shape index (κ1) is 27.8. The van der Waals surface area contributed by atoms with Crippen molar-refractivity contribution in [2.75, 3.05) is 11.4 Å². The Balaban J connectivity index is 2.18. The lowest BCUT2D eigenvalue weighted by Crippen LogP contribution is -2.53. The average molecular weight is 544 g/mol. The maximum absolute atomic E-state index is 13.6. The van der Waals surface area contributed by atoms with Crippen molar-refractivity contribution < 1.29 is 44.6 Å². The average Bonchev–Trinajstić information content (AvgIpc) is 2.85. The van der Waals surface area contributed by atoms with Gasteiger partial charge in [0.1, 0.15) is 5.75 Å². The third-order valence-corrected chi connectivity index (χ3v) is 7.22. The van der Waals surface area contributed by atoms with Crippen LogP contribution in [0.4, 0.5) is 32.0 Å². The number of benzene rings is 3. The monoisotopic (exact) mass is 544 g/mol. The number of hydrogen-bond donors (Lipinski definition) is 1. The second-order valence-electron chi connectivity index (χ2n) is 7.72. The first-order chi connectivity index (χ1) is 17.2. The maximum atomic E-state index is 13.6. The highest BCUT2D eigenvalue weighted by Crippen LogP contribution is 2.50. The van der Waals surface area contributed by atoms with Gasteiger partial charge in [-0.25, -0.2) is 8.42 Å². The fourth-order valence-corrected chi connectivity index (χ4v) is 5.00. The molecule has 0 unspecified atom stereocenters. The molecular weight excluding hydrogens is 526 g/mol. The molecule has 1 N–H and O–H groups in total. The van der Waals surface area contributed by atoms with E-state index in [9.17, 15) is 39.9 Å². The second-order valence-corrected chi connectivity index (χ2v) is 9.58. The molecule has 0 fully saturated rings. The largest absolute Gasteiger partial charge is 0.496 e. The van der Waals surface area contributed by atoms with Crippen LogP contribution in [0, 0.1) is 11.3 Å². The van der Waals surface area contributed by atoms with Gasteiger partial charge in [0.15, 0.2) is 0 Å². The molecule has 3 aromatic carbocycles. The van der Waals surface area contributed by atoms with Gasteiger partial charge in [0.2, 0.25) is 0 Å². The summed E-state index contributed by atoms with van der Waals surface area (Å²) in [6, 6.07) is 15.1. The quantitative estimate of drug-likeness (QED) is 0.409. The van der Waals surface area contributed by atoms with Crippen molar-refractivity contribution in [3.8, 4) is 11.8 Å². The standard InChI is InChI=1S/C24H18F6N2O4S/c1-36-21-8-3-2-6-17(21)15-32(37(34,35)20-7-4-5-16(13-20)14-31)19-11-9-18(10-12-19)22(33,23(25,26)27)24(28,29)30/h2-13,33H,15H2,1H3. The molecule has 0 saturated carbocycles. The minimum absolute atomic E-state index is 0.00841. The Bertz CT molecular complexity index is 1400. The summed E-state index contributed by atoms with van der Waals surface area (Å²) < 4.78 is 113. The lowest BCUT2D eigenvalue weighted by atomic mass is 9.92. The molecule has 6 nitrogen and oxygen atoms in total. The number of nitrogens with zero attached hydrogens (tertiary/aromatic N) is 2. The molecule has 0 aliphatic rings. The van der Waals surface area contributed by atoms with Crippen molar-refractivity contribution in [1.82, 2.24) is 0 Å². The highest BCUT2D eigenvalue weighted by Gasteiger charge is 2.71. The number of sulfonamides is 1. The molecule has 0 aliphatic carbocycles. The number of hydrogen-bond acceptors (Lipinski definition) is 5. The highest BCUT2D eigenvalue weighted by molar-refractivity contribution is 7.92. The molecule has 3 aromatic rings. The molecule has 3 rings (SSSR count). The number of rotatable bonds is 7. The predicted molar refractivity (Wildman–Crippen MR) is 120 cm³/mol. The summed E-state index contributed by atoms with van der Waals surface area (Å²) in [4.78, 5) is -0.340. The molecule has 0 atom stereocenters. The summed E-state index contributed by atoms with van der Waals surface area (Å²) in [6.45, 7) is -0.425. The van der Waals surface area contributed by atoms with Gasteiger partial charge in [0.25, 0.3) is 15.6 Å². The van der Waals surface area contributed by atoms with Crippen molar-refractivity contribution in [2.45, 2.75) is 29.4 Å². The van der Waals surface area contributed by atoms with Gasteiger partial charge in [-0.05, 0) is 36.4 Å². The Labute approximate surface area is 208 Å². The van der Waals surface area contributed by atoms with Gasteiger partial charge in [-0.1, -0.05) is 36.4 Å². The summed E-state index contributed by atoms with van der Waals surface area (Å²) in [5.41, 5.74) is -6.68. The van der Waals surface area contributed by atoms with Crippen LogP contribution in [-0.4, -0.2) is 33.0 Å². The summed E-state index contributed by atoms with van der Waals surface area (Å²) in [5, 5.41) is 18.8. The van der Waals surface area contributed by atoms with Crippen molar-refractivity contribution >= 4 is 15.7 Å². The smallest absolute Gasteiger partial charge is 0.430 e. The number of anilines is 1. The maximum Gasteiger partial charge on any atom is 0.430 e. The molecule has 0 heterocycles. The molecule has 0 saturated heterocycles. The minimum atomic E-state index is -6.10. The Kier molecular flexibility index (Phi) is 7.48. The van der Waals surface area contributed by atoms with E-state index in [0.717, 1.165) is 22.5 Å². The predicted octanol–water partition coefficient (Wildman–Crippen LogP) is 5.27. The molecule has 0 amide bonds. The van der Waals surface area contributed by atoms with Crippen LogP contribution in [0.5, 0.6) is 5.75 Å². The number of aliphatic hydroxyl groups is 1. The summed E-state index contributed by atoms with van der Waals surface area (Å²) >= 11 is 0. The summed E-state index contributed by atoms with van der Waals surface area (Å²) in [5.74, 6) is 0.272. The van der Waals surface area contributed by atoms with Crippen LogP contribution in [-0.2, 0) is 22.2 Å². The van der Waals surface area contributed by atoms with Gasteiger partial charge in [-0.15, -0.1) is 0 Å². The van der Waals surface area contributed by atoms with Crippen LogP contribution in [0.3, 0.4) is 0 Å². The van der Waals surface area contributed by atoms with Crippen LogP contribution in [0.1, 0.15) is 16.7 Å². The van der Waals surface area contributed by atoms with E-state index >= 15 is 0 Å². The lowest BCUT2D eigenvalue weighted by Gasteiger charge is -2.33. The number of halogens is 6. The molecule has 0 spiro atoms. The van der Waals surface area contributed by atoms with Crippen molar-refractivity contribution in [3.63, 3.8) is 0 Å². The molecule has 196 valence electrons. The molecule has 0 aliphatic heterocycles. The fourth-order valence-electron chi connectivity index (χ4n) is 3.51. The first-order valence-corrected chi connectivity index (χ1v) is 11.7. The van der Waals surface area contributed by atoms with E-state index in [2.05, 4.69) is 0 Å². The van der Waals surface area contributed by atoms with Crippen molar-refractivity contribution in [2.24, 2.45) is 0 Å².